The average Bonchev–Trinajstić information content (AvgIpc) is 2.43. The Morgan fingerprint density at radius 3 is 2.52 bits per heavy atom. The van der Waals surface area contributed by atoms with Crippen molar-refractivity contribution in [1.29, 1.82) is 0 Å². The highest BCUT2D eigenvalue weighted by Crippen LogP contribution is 2.35. The number of nitrogens with two attached hydrogens (primary N) is 1. The predicted molar refractivity (Wildman–Crippen MR) is 83.1 cm³/mol. The van der Waals surface area contributed by atoms with Gasteiger partial charge in [0.05, 0.1) is 5.69 Å². The first-order valence-electron chi connectivity index (χ1n) is 7.25. The molecule has 0 fully saturated rings. The number of nitrogens with zero attached hydrogens (tertiary/aromatic N) is 1. The summed E-state index contributed by atoms with van der Waals surface area (Å²) in [6, 6.07) is 4.85. The van der Waals surface area contributed by atoms with Crippen molar-refractivity contribution in [3.8, 4) is 0 Å². The van der Waals surface area contributed by atoms with Gasteiger partial charge in [-0.2, -0.15) is 8.42 Å². The molecule has 0 heterocycles. The summed E-state index contributed by atoms with van der Waals surface area (Å²) in [7, 11) is -2.55. The zero-order chi connectivity index (χ0) is 15.8. The molecule has 0 spiro atoms. The van der Waals surface area contributed by atoms with Crippen LogP contribution in [0, 0.1) is 0 Å². The van der Waals surface area contributed by atoms with Crippen LogP contribution in [0.5, 0.6) is 0 Å². The van der Waals surface area contributed by atoms with Gasteiger partial charge in [0.1, 0.15) is 0 Å². The summed E-state index contributed by atoms with van der Waals surface area (Å²) in [6.07, 6.45) is 4.94. The minimum atomic E-state index is -2.55. The monoisotopic (exact) mass is 310 g/mol. The molecule has 1 amide bonds. The highest BCUT2D eigenvalue weighted by atomic mass is 32.2. The van der Waals surface area contributed by atoms with Crippen molar-refractivity contribution in [2.24, 2.45) is 10.1 Å². The molecular weight excluding hydrogens is 288 g/mol. The maximum atomic E-state index is 11.6. The van der Waals surface area contributed by atoms with Crippen LogP contribution in [0.15, 0.2) is 22.6 Å². The molecule has 0 radical (unpaired) electrons. The van der Waals surface area contributed by atoms with E-state index in [4.69, 9.17) is 5.73 Å². The summed E-state index contributed by atoms with van der Waals surface area (Å²) in [6.45, 7) is 4.14. The van der Waals surface area contributed by atoms with Crippen LogP contribution in [-0.4, -0.2) is 14.3 Å². The largest absolute Gasteiger partial charge is 0.366 e. The number of rotatable bonds is 8. The first-order chi connectivity index (χ1) is 10.0. The molecule has 1 unspecified atom stereocenters. The third kappa shape index (κ3) is 4.97. The SMILES string of the molecule is CCCCCC(CC)c1c(N=S(=O)=O)cccc1C(N)=O. The van der Waals surface area contributed by atoms with Crippen molar-refractivity contribution >= 4 is 22.1 Å². The highest BCUT2D eigenvalue weighted by Gasteiger charge is 2.20. The molecule has 0 aliphatic rings. The molecule has 0 bridgehead atoms. The van der Waals surface area contributed by atoms with Gasteiger partial charge in [0.15, 0.2) is 0 Å². The lowest BCUT2D eigenvalue weighted by Crippen LogP contribution is -2.15. The molecule has 0 saturated carbocycles. The van der Waals surface area contributed by atoms with Crippen LogP contribution in [0.25, 0.3) is 0 Å². The van der Waals surface area contributed by atoms with Crippen molar-refractivity contribution in [3.05, 3.63) is 29.3 Å². The summed E-state index contributed by atoms with van der Waals surface area (Å²) >= 11 is 0. The second kappa shape index (κ2) is 8.56. The molecule has 2 N–H and O–H groups in total. The van der Waals surface area contributed by atoms with Gasteiger partial charge in [0, 0.05) is 5.56 Å². The highest BCUT2D eigenvalue weighted by molar-refractivity contribution is 7.61. The Kier molecular flexibility index (Phi) is 7.08. The Labute approximate surface area is 127 Å². The van der Waals surface area contributed by atoms with Crippen molar-refractivity contribution in [2.45, 2.75) is 51.9 Å². The third-order valence-electron chi connectivity index (χ3n) is 3.58. The third-order valence-corrected chi connectivity index (χ3v) is 3.92. The lowest BCUT2D eigenvalue weighted by atomic mass is 9.86. The average molecular weight is 310 g/mol. The van der Waals surface area contributed by atoms with Gasteiger partial charge in [-0.1, -0.05) is 39.2 Å². The molecule has 1 atom stereocenters. The zero-order valence-corrected chi connectivity index (χ0v) is 13.3. The van der Waals surface area contributed by atoms with Gasteiger partial charge in [-0.3, -0.25) is 4.79 Å². The number of carbonyl (C=O) groups is 1. The van der Waals surface area contributed by atoms with Gasteiger partial charge >= 0.3 is 10.5 Å². The Balaban J connectivity index is 3.32. The van der Waals surface area contributed by atoms with E-state index in [1.807, 2.05) is 6.92 Å². The Morgan fingerprint density at radius 1 is 1.29 bits per heavy atom. The minimum Gasteiger partial charge on any atom is -0.366 e. The fourth-order valence-electron chi connectivity index (χ4n) is 2.55. The van der Waals surface area contributed by atoms with E-state index in [1.54, 1.807) is 18.2 Å². The Morgan fingerprint density at radius 2 is 2.00 bits per heavy atom. The van der Waals surface area contributed by atoms with Crippen molar-refractivity contribution in [2.75, 3.05) is 0 Å². The number of primary amides is 1. The van der Waals surface area contributed by atoms with Crippen molar-refractivity contribution in [1.82, 2.24) is 0 Å². The molecular formula is C15H22N2O3S. The van der Waals surface area contributed by atoms with E-state index in [2.05, 4.69) is 11.3 Å². The fraction of sp³-hybridized carbons (Fsp3) is 0.533. The lowest BCUT2D eigenvalue weighted by molar-refractivity contribution is 0.0999. The number of hydrogen-bond acceptors (Lipinski definition) is 4. The molecule has 116 valence electrons. The van der Waals surface area contributed by atoms with E-state index in [-0.39, 0.29) is 5.92 Å². The molecule has 0 saturated heterocycles. The van der Waals surface area contributed by atoms with Gasteiger partial charge in [0.2, 0.25) is 5.91 Å². The number of unbranched alkanes of at least 4 members (excludes halogenated alkanes) is 2. The zero-order valence-electron chi connectivity index (χ0n) is 12.5. The summed E-state index contributed by atoms with van der Waals surface area (Å²) in [4.78, 5) is 11.6. The van der Waals surface area contributed by atoms with Crippen LogP contribution >= 0.6 is 0 Å². The number of carbonyl (C=O) groups excluding carboxylic acids is 1. The number of amides is 1. The van der Waals surface area contributed by atoms with Crippen LogP contribution < -0.4 is 5.73 Å². The lowest BCUT2D eigenvalue weighted by Gasteiger charge is -2.19. The number of hydrogen-bond donors (Lipinski definition) is 1. The number of benzene rings is 1. The second-order valence-electron chi connectivity index (χ2n) is 5.01. The van der Waals surface area contributed by atoms with Crippen LogP contribution in [0.1, 0.15) is 67.8 Å². The molecule has 5 nitrogen and oxygen atoms in total. The normalized spacial score (nSPS) is 11.9. The van der Waals surface area contributed by atoms with E-state index >= 15 is 0 Å². The van der Waals surface area contributed by atoms with Gasteiger partial charge in [0.25, 0.3) is 0 Å². The maximum Gasteiger partial charge on any atom is 0.316 e. The van der Waals surface area contributed by atoms with Crippen LogP contribution in [-0.2, 0) is 10.5 Å². The Bertz CT molecular complexity index is 616. The minimum absolute atomic E-state index is 0.0857. The summed E-state index contributed by atoms with van der Waals surface area (Å²) in [5.41, 5.74) is 6.78. The molecule has 21 heavy (non-hydrogen) atoms. The van der Waals surface area contributed by atoms with Gasteiger partial charge in [-0.15, -0.1) is 4.36 Å². The molecule has 0 aliphatic heterocycles. The van der Waals surface area contributed by atoms with Crippen molar-refractivity contribution in [3.63, 3.8) is 0 Å². The second-order valence-corrected chi connectivity index (χ2v) is 5.63. The van der Waals surface area contributed by atoms with Gasteiger partial charge in [-0.05, 0) is 36.5 Å². The molecule has 6 heteroatoms. The first kappa shape index (κ1) is 17.4. The summed E-state index contributed by atoms with van der Waals surface area (Å²) in [5, 5.41) is 0. The first-order valence-corrected chi connectivity index (χ1v) is 8.28. The van der Waals surface area contributed by atoms with E-state index in [9.17, 15) is 13.2 Å². The molecule has 1 aromatic carbocycles. The fourth-order valence-corrected chi connectivity index (χ4v) is 2.87. The quantitative estimate of drug-likeness (QED) is 0.744. The topological polar surface area (TPSA) is 89.6 Å². The Hall–Kier alpha value is -1.69. The van der Waals surface area contributed by atoms with Crippen molar-refractivity contribution < 1.29 is 13.2 Å². The van der Waals surface area contributed by atoms with Crippen LogP contribution in [0.3, 0.4) is 0 Å². The van der Waals surface area contributed by atoms with E-state index in [0.717, 1.165) is 32.1 Å². The molecule has 0 aromatic heterocycles. The smallest absolute Gasteiger partial charge is 0.316 e. The van der Waals surface area contributed by atoms with Gasteiger partial charge < -0.3 is 5.73 Å². The molecule has 1 aromatic rings. The van der Waals surface area contributed by atoms with E-state index < -0.39 is 16.4 Å². The maximum absolute atomic E-state index is 11.6. The predicted octanol–water partition coefficient (Wildman–Crippen LogP) is 3.55. The molecule has 1 rings (SSSR count). The van der Waals surface area contributed by atoms with E-state index in [1.165, 1.54) is 0 Å². The molecule has 0 aliphatic carbocycles. The van der Waals surface area contributed by atoms with Crippen LogP contribution in [0.4, 0.5) is 5.69 Å². The van der Waals surface area contributed by atoms with Crippen LogP contribution in [0.2, 0.25) is 0 Å². The standard InChI is InChI=1S/C15H22N2O3S/c1-3-5-6-8-11(4-2)14-12(15(16)18)9-7-10-13(14)17-21(19)20/h7,9-11H,3-6,8H2,1-2H3,(H2,16,18). The summed E-state index contributed by atoms with van der Waals surface area (Å²) in [5.74, 6) is -0.463. The van der Waals surface area contributed by atoms with Gasteiger partial charge in [-0.25, -0.2) is 0 Å². The summed E-state index contributed by atoms with van der Waals surface area (Å²) < 4.78 is 25.4. The van der Waals surface area contributed by atoms with E-state index in [0.29, 0.717) is 16.8 Å².